The largest absolute Gasteiger partial charge is 0.481 e. The van der Waals surface area contributed by atoms with Gasteiger partial charge in [-0.05, 0) is 62.4 Å². The SMILES string of the molecule is CC(Oc1ccccc1)C(=O)NNC(=O)c1ccc(C(=O)NNC(=O)C(C)Oc2ccccc2)cc1. The van der Waals surface area contributed by atoms with E-state index in [-0.39, 0.29) is 11.1 Å². The molecule has 0 heterocycles. The molecule has 2 unspecified atom stereocenters. The van der Waals surface area contributed by atoms with Crippen LogP contribution in [0.25, 0.3) is 0 Å². The van der Waals surface area contributed by atoms with Gasteiger partial charge in [0, 0.05) is 11.1 Å². The van der Waals surface area contributed by atoms with Crippen molar-refractivity contribution < 1.29 is 28.7 Å². The van der Waals surface area contributed by atoms with Crippen LogP contribution in [-0.4, -0.2) is 35.8 Å². The molecule has 3 rings (SSSR count). The molecule has 0 fully saturated rings. The first-order valence-corrected chi connectivity index (χ1v) is 11.1. The molecule has 2 atom stereocenters. The van der Waals surface area contributed by atoms with E-state index in [9.17, 15) is 19.2 Å². The maximum atomic E-state index is 12.3. The van der Waals surface area contributed by atoms with Crippen LogP contribution in [0.3, 0.4) is 0 Å². The van der Waals surface area contributed by atoms with E-state index in [1.807, 2.05) is 12.1 Å². The molecular formula is C26H26N4O6. The van der Waals surface area contributed by atoms with Crippen molar-refractivity contribution in [3.8, 4) is 11.5 Å². The second-order valence-corrected chi connectivity index (χ2v) is 7.61. The number of hydrogen-bond acceptors (Lipinski definition) is 6. The molecule has 0 aliphatic rings. The molecule has 4 amide bonds. The maximum Gasteiger partial charge on any atom is 0.279 e. The molecule has 0 aromatic heterocycles. The fraction of sp³-hybridized carbons (Fsp3) is 0.154. The van der Waals surface area contributed by atoms with Crippen LogP contribution in [0.1, 0.15) is 34.6 Å². The van der Waals surface area contributed by atoms with Crippen molar-refractivity contribution >= 4 is 23.6 Å². The highest BCUT2D eigenvalue weighted by atomic mass is 16.5. The van der Waals surface area contributed by atoms with Gasteiger partial charge in [-0.2, -0.15) is 0 Å². The van der Waals surface area contributed by atoms with Gasteiger partial charge in [0.15, 0.2) is 12.2 Å². The zero-order valence-corrected chi connectivity index (χ0v) is 19.7. The standard InChI is InChI=1S/C26H26N4O6/c1-17(35-21-9-5-3-6-10-21)23(31)27-29-25(33)19-13-15-20(16-14-19)26(34)30-28-24(32)18(2)36-22-11-7-4-8-12-22/h3-18H,1-2H3,(H,27,31)(H,28,32)(H,29,33)(H,30,34). The zero-order chi connectivity index (χ0) is 25.9. The number of nitrogens with one attached hydrogen (secondary N) is 4. The summed E-state index contributed by atoms with van der Waals surface area (Å²) in [6.45, 7) is 3.10. The number of hydrogen-bond donors (Lipinski definition) is 4. The topological polar surface area (TPSA) is 135 Å². The molecule has 0 aliphatic heterocycles. The Bertz CT molecular complexity index is 1090. The molecule has 0 saturated heterocycles. The van der Waals surface area contributed by atoms with Crippen molar-refractivity contribution in [1.29, 1.82) is 0 Å². The van der Waals surface area contributed by atoms with Crippen LogP contribution in [-0.2, 0) is 9.59 Å². The van der Waals surface area contributed by atoms with Crippen LogP contribution in [0.15, 0.2) is 84.9 Å². The van der Waals surface area contributed by atoms with E-state index in [0.717, 1.165) is 0 Å². The van der Waals surface area contributed by atoms with Crippen molar-refractivity contribution in [2.24, 2.45) is 0 Å². The molecular weight excluding hydrogens is 464 g/mol. The number of carbonyl (C=O) groups is 4. The number of hydrazine groups is 2. The van der Waals surface area contributed by atoms with E-state index in [1.54, 1.807) is 62.4 Å². The molecule has 4 N–H and O–H groups in total. The Kier molecular flexibility index (Phi) is 8.99. The average molecular weight is 491 g/mol. The highest BCUT2D eigenvalue weighted by Gasteiger charge is 2.17. The van der Waals surface area contributed by atoms with E-state index >= 15 is 0 Å². The summed E-state index contributed by atoms with van der Waals surface area (Å²) >= 11 is 0. The summed E-state index contributed by atoms with van der Waals surface area (Å²) in [6, 6.07) is 23.2. The highest BCUT2D eigenvalue weighted by Crippen LogP contribution is 2.11. The molecule has 10 nitrogen and oxygen atoms in total. The summed E-state index contributed by atoms with van der Waals surface area (Å²) in [6.07, 6.45) is -1.68. The summed E-state index contributed by atoms with van der Waals surface area (Å²) < 4.78 is 11.0. The van der Waals surface area contributed by atoms with Gasteiger partial charge < -0.3 is 9.47 Å². The predicted molar refractivity (Wildman–Crippen MR) is 131 cm³/mol. The van der Waals surface area contributed by atoms with Gasteiger partial charge in [-0.1, -0.05) is 36.4 Å². The van der Waals surface area contributed by atoms with Gasteiger partial charge in [0.05, 0.1) is 0 Å². The molecule has 0 bridgehead atoms. The lowest BCUT2D eigenvalue weighted by Gasteiger charge is -2.15. The van der Waals surface area contributed by atoms with Crippen LogP contribution in [0.4, 0.5) is 0 Å². The monoisotopic (exact) mass is 490 g/mol. The van der Waals surface area contributed by atoms with Gasteiger partial charge in [-0.3, -0.25) is 40.9 Å². The maximum absolute atomic E-state index is 12.3. The summed E-state index contributed by atoms with van der Waals surface area (Å²) in [7, 11) is 0. The number of rotatable bonds is 8. The Morgan fingerprint density at radius 2 is 0.861 bits per heavy atom. The Morgan fingerprint density at radius 3 is 1.19 bits per heavy atom. The lowest BCUT2D eigenvalue weighted by atomic mass is 10.1. The summed E-state index contributed by atoms with van der Waals surface area (Å²) in [4.78, 5) is 48.9. The van der Waals surface area contributed by atoms with Gasteiger partial charge in [0.1, 0.15) is 11.5 Å². The third-order valence-corrected chi connectivity index (χ3v) is 4.86. The minimum atomic E-state index is -0.838. The molecule has 0 radical (unpaired) electrons. The Balaban J connectivity index is 1.43. The Labute approximate surface area is 207 Å². The van der Waals surface area contributed by atoms with Gasteiger partial charge >= 0.3 is 0 Å². The molecule has 186 valence electrons. The molecule has 3 aromatic rings. The minimum absolute atomic E-state index is 0.206. The van der Waals surface area contributed by atoms with Crippen molar-refractivity contribution in [3.05, 3.63) is 96.1 Å². The van der Waals surface area contributed by atoms with Gasteiger partial charge in [-0.25, -0.2) is 0 Å². The third kappa shape index (κ3) is 7.59. The van der Waals surface area contributed by atoms with E-state index < -0.39 is 35.8 Å². The van der Waals surface area contributed by atoms with Crippen molar-refractivity contribution in [3.63, 3.8) is 0 Å². The number of amides is 4. The van der Waals surface area contributed by atoms with Crippen molar-refractivity contribution in [2.75, 3.05) is 0 Å². The fourth-order valence-corrected chi connectivity index (χ4v) is 2.87. The summed E-state index contributed by atoms with van der Waals surface area (Å²) in [5, 5.41) is 0. The summed E-state index contributed by atoms with van der Waals surface area (Å²) in [5.41, 5.74) is 9.60. The second-order valence-electron chi connectivity index (χ2n) is 7.61. The molecule has 0 spiro atoms. The lowest BCUT2D eigenvalue weighted by molar-refractivity contribution is -0.128. The van der Waals surface area contributed by atoms with Crippen molar-refractivity contribution in [1.82, 2.24) is 21.7 Å². The van der Waals surface area contributed by atoms with E-state index in [2.05, 4.69) is 21.7 Å². The quantitative estimate of drug-likeness (QED) is 0.358. The first-order valence-electron chi connectivity index (χ1n) is 11.1. The number of benzene rings is 3. The van der Waals surface area contributed by atoms with Crippen molar-refractivity contribution in [2.45, 2.75) is 26.1 Å². The van der Waals surface area contributed by atoms with Gasteiger partial charge in [-0.15, -0.1) is 0 Å². The second kappa shape index (κ2) is 12.6. The highest BCUT2D eigenvalue weighted by molar-refractivity contribution is 5.99. The van der Waals surface area contributed by atoms with E-state index in [0.29, 0.717) is 11.5 Å². The van der Waals surface area contributed by atoms with E-state index in [1.165, 1.54) is 24.3 Å². The smallest absolute Gasteiger partial charge is 0.279 e. The normalized spacial score (nSPS) is 11.8. The van der Waals surface area contributed by atoms with Crippen LogP contribution < -0.4 is 31.2 Å². The lowest BCUT2D eigenvalue weighted by Crippen LogP contribution is -2.47. The van der Waals surface area contributed by atoms with Crippen LogP contribution in [0.2, 0.25) is 0 Å². The van der Waals surface area contributed by atoms with E-state index in [4.69, 9.17) is 9.47 Å². The summed E-state index contributed by atoms with van der Waals surface area (Å²) in [5.74, 6) is -1.19. The molecule has 36 heavy (non-hydrogen) atoms. The zero-order valence-electron chi connectivity index (χ0n) is 19.7. The van der Waals surface area contributed by atoms with Crippen LogP contribution in [0, 0.1) is 0 Å². The first kappa shape index (κ1) is 25.8. The number of carbonyl (C=O) groups excluding carboxylic acids is 4. The molecule has 3 aromatic carbocycles. The number of ether oxygens (including phenoxy) is 2. The Hall–Kier alpha value is -4.86. The average Bonchev–Trinajstić information content (AvgIpc) is 2.91. The molecule has 10 heteroatoms. The van der Waals surface area contributed by atoms with Gasteiger partial charge in [0.2, 0.25) is 0 Å². The Morgan fingerprint density at radius 1 is 0.528 bits per heavy atom. The van der Waals surface area contributed by atoms with Crippen LogP contribution in [0.5, 0.6) is 11.5 Å². The first-order chi connectivity index (χ1) is 17.3. The third-order valence-electron chi connectivity index (χ3n) is 4.86. The number of para-hydroxylation sites is 2. The molecule has 0 aliphatic carbocycles. The van der Waals surface area contributed by atoms with Gasteiger partial charge in [0.25, 0.3) is 23.6 Å². The molecule has 0 saturated carbocycles. The van der Waals surface area contributed by atoms with Crippen LogP contribution >= 0.6 is 0 Å². The predicted octanol–water partition coefficient (Wildman–Crippen LogP) is 2.14. The fourth-order valence-electron chi connectivity index (χ4n) is 2.87. The minimum Gasteiger partial charge on any atom is -0.481 e.